The molecule has 0 radical (unpaired) electrons. The number of carbonyl (C=O) groups is 2. The molecule has 0 atom stereocenters. The smallest absolute Gasteiger partial charge is 0.274 e. The number of rotatable bonds is 4. The Morgan fingerprint density at radius 1 is 1.21 bits per heavy atom. The number of aryl methyl sites for hydroxylation is 1. The summed E-state index contributed by atoms with van der Waals surface area (Å²) in [6.07, 6.45) is 1.12. The van der Waals surface area contributed by atoms with Crippen molar-refractivity contribution in [2.75, 3.05) is 23.9 Å². The molecule has 1 saturated heterocycles. The van der Waals surface area contributed by atoms with Crippen LogP contribution in [0.15, 0.2) is 42.5 Å². The average Bonchev–Trinajstić information content (AvgIpc) is 3.22. The number of hydrogen-bond donors (Lipinski definition) is 1. The molecule has 28 heavy (non-hydrogen) atoms. The molecule has 2 amide bonds. The Hall–Kier alpha value is -3.35. The van der Waals surface area contributed by atoms with Crippen molar-refractivity contribution in [1.82, 2.24) is 4.57 Å². The van der Waals surface area contributed by atoms with Gasteiger partial charge < -0.3 is 19.5 Å². The second-order valence-electron chi connectivity index (χ2n) is 6.72. The summed E-state index contributed by atoms with van der Waals surface area (Å²) in [6.45, 7) is 0.503. The summed E-state index contributed by atoms with van der Waals surface area (Å²) in [7, 11) is 3.26. The van der Waals surface area contributed by atoms with Crippen LogP contribution in [0.2, 0.25) is 0 Å². The molecule has 2 heterocycles. The molecule has 0 bridgehead atoms. The second kappa shape index (κ2) is 6.99. The van der Waals surface area contributed by atoms with Crippen LogP contribution in [0.5, 0.6) is 5.75 Å². The number of halogens is 1. The van der Waals surface area contributed by atoms with Crippen molar-refractivity contribution >= 4 is 34.1 Å². The molecule has 0 aliphatic carbocycles. The fraction of sp³-hybridized carbons (Fsp3) is 0.238. The Morgan fingerprint density at radius 3 is 2.71 bits per heavy atom. The van der Waals surface area contributed by atoms with Crippen molar-refractivity contribution in [2.24, 2.45) is 7.05 Å². The highest BCUT2D eigenvalue weighted by Gasteiger charge is 2.31. The third-order valence-electron chi connectivity index (χ3n) is 5.05. The zero-order valence-electron chi connectivity index (χ0n) is 15.7. The topological polar surface area (TPSA) is 63.6 Å². The number of benzene rings is 2. The standard InChI is InChI=1S/C21H20FN3O3/c1-24-16-10-9-13(22)12-14(16)19(25-11-5-8-18(25)26)20(24)21(27)23-15-6-3-4-7-17(15)28-2/h3-4,6-7,9-10,12H,5,8,11H2,1-2H3,(H,23,27). The van der Waals surface area contributed by atoms with Gasteiger partial charge in [-0.1, -0.05) is 12.1 Å². The van der Waals surface area contributed by atoms with E-state index in [0.29, 0.717) is 53.1 Å². The minimum absolute atomic E-state index is 0.0666. The number of methoxy groups -OCH3 is 1. The number of amides is 2. The predicted octanol–water partition coefficient (Wildman–Crippen LogP) is 3.71. The molecule has 6 nitrogen and oxygen atoms in total. The van der Waals surface area contributed by atoms with Crippen molar-refractivity contribution in [3.63, 3.8) is 0 Å². The maximum Gasteiger partial charge on any atom is 0.274 e. The number of carbonyl (C=O) groups excluding carboxylic acids is 2. The van der Waals surface area contributed by atoms with E-state index in [-0.39, 0.29) is 5.91 Å². The normalized spacial score (nSPS) is 14.0. The zero-order valence-corrected chi connectivity index (χ0v) is 15.7. The van der Waals surface area contributed by atoms with Crippen LogP contribution in [0, 0.1) is 5.82 Å². The van der Waals surface area contributed by atoms with E-state index in [4.69, 9.17) is 4.74 Å². The first-order valence-electron chi connectivity index (χ1n) is 9.04. The van der Waals surface area contributed by atoms with E-state index in [2.05, 4.69) is 5.32 Å². The molecule has 0 saturated carbocycles. The van der Waals surface area contributed by atoms with Gasteiger partial charge in [-0.15, -0.1) is 0 Å². The lowest BCUT2D eigenvalue weighted by atomic mass is 10.2. The molecule has 1 aliphatic rings. The van der Waals surface area contributed by atoms with Crippen molar-refractivity contribution in [3.8, 4) is 5.75 Å². The number of nitrogens with one attached hydrogen (secondary N) is 1. The van der Waals surface area contributed by atoms with Gasteiger partial charge in [0.25, 0.3) is 5.91 Å². The Balaban J connectivity index is 1.87. The zero-order chi connectivity index (χ0) is 19.8. The molecule has 3 aromatic rings. The van der Waals surface area contributed by atoms with Gasteiger partial charge in [0.2, 0.25) is 5.91 Å². The summed E-state index contributed by atoms with van der Waals surface area (Å²) in [6, 6.07) is 11.4. The van der Waals surface area contributed by atoms with Crippen molar-refractivity contribution in [2.45, 2.75) is 12.8 Å². The van der Waals surface area contributed by atoms with E-state index < -0.39 is 11.7 Å². The maximum absolute atomic E-state index is 14.0. The van der Waals surface area contributed by atoms with Crippen LogP contribution in [0.4, 0.5) is 15.8 Å². The van der Waals surface area contributed by atoms with Gasteiger partial charge in [0, 0.05) is 25.4 Å². The molecule has 0 spiro atoms. The molecule has 144 valence electrons. The third kappa shape index (κ3) is 2.89. The average molecular weight is 381 g/mol. The summed E-state index contributed by atoms with van der Waals surface area (Å²) >= 11 is 0. The Kier molecular flexibility index (Phi) is 4.50. The fourth-order valence-corrected chi connectivity index (χ4v) is 3.74. The Labute approximate surface area is 161 Å². The number of para-hydroxylation sites is 2. The van der Waals surface area contributed by atoms with Crippen LogP contribution in [-0.4, -0.2) is 30.0 Å². The largest absolute Gasteiger partial charge is 0.495 e. The first-order chi connectivity index (χ1) is 13.5. The number of hydrogen-bond acceptors (Lipinski definition) is 3. The molecule has 2 aromatic carbocycles. The number of fused-ring (bicyclic) bond motifs is 1. The van der Waals surface area contributed by atoms with Crippen LogP contribution in [0.3, 0.4) is 0 Å². The van der Waals surface area contributed by atoms with Crippen LogP contribution >= 0.6 is 0 Å². The van der Waals surface area contributed by atoms with Gasteiger partial charge in [0.15, 0.2) is 0 Å². The molecule has 1 fully saturated rings. The number of nitrogens with zero attached hydrogens (tertiary/aromatic N) is 2. The lowest BCUT2D eigenvalue weighted by Crippen LogP contribution is -2.27. The summed E-state index contributed by atoms with van der Waals surface area (Å²) in [5.74, 6) is -0.344. The van der Waals surface area contributed by atoms with Crippen LogP contribution in [-0.2, 0) is 11.8 Å². The highest BCUT2D eigenvalue weighted by atomic mass is 19.1. The van der Waals surface area contributed by atoms with Crippen molar-refractivity contribution < 1.29 is 18.7 Å². The van der Waals surface area contributed by atoms with Crippen molar-refractivity contribution in [1.29, 1.82) is 0 Å². The van der Waals surface area contributed by atoms with E-state index >= 15 is 0 Å². The monoisotopic (exact) mass is 381 g/mol. The van der Waals surface area contributed by atoms with E-state index in [9.17, 15) is 14.0 Å². The van der Waals surface area contributed by atoms with Crippen molar-refractivity contribution in [3.05, 3.63) is 54.0 Å². The molecule has 0 unspecified atom stereocenters. The molecule has 1 aromatic heterocycles. The minimum atomic E-state index is -0.414. The van der Waals surface area contributed by atoms with Crippen LogP contribution < -0.4 is 15.0 Å². The highest BCUT2D eigenvalue weighted by molar-refractivity contribution is 6.17. The molecule has 1 aliphatic heterocycles. The summed E-state index contributed by atoms with van der Waals surface area (Å²) in [4.78, 5) is 27.2. The van der Waals surface area contributed by atoms with Gasteiger partial charge in [-0.3, -0.25) is 9.59 Å². The van der Waals surface area contributed by atoms with Gasteiger partial charge in [-0.25, -0.2) is 4.39 Å². The van der Waals surface area contributed by atoms with E-state index in [1.807, 2.05) is 6.07 Å². The number of ether oxygens (including phenoxy) is 1. The molecule has 4 rings (SSSR count). The van der Waals surface area contributed by atoms with Crippen LogP contribution in [0.1, 0.15) is 23.3 Å². The maximum atomic E-state index is 14.0. The number of aromatic nitrogens is 1. The van der Waals surface area contributed by atoms with Gasteiger partial charge in [0.1, 0.15) is 17.3 Å². The van der Waals surface area contributed by atoms with Gasteiger partial charge in [-0.05, 0) is 36.8 Å². The second-order valence-corrected chi connectivity index (χ2v) is 6.72. The predicted molar refractivity (Wildman–Crippen MR) is 105 cm³/mol. The Bertz CT molecular complexity index is 1090. The summed E-state index contributed by atoms with van der Waals surface area (Å²) in [5, 5.41) is 3.40. The lowest BCUT2D eigenvalue weighted by Gasteiger charge is -2.18. The van der Waals surface area contributed by atoms with Gasteiger partial charge in [-0.2, -0.15) is 0 Å². The van der Waals surface area contributed by atoms with E-state index in [1.165, 1.54) is 19.2 Å². The highest BCUT2D eigenvalue weighted by Crippen LogP contribution is 2.37. The SMILES string of the molecule is COc1ccccc1NC(=O)c1c(N2CCCC2=O)c2cc(F)ccc2n1C. The molecule has 1 N–H and O–H groups in total. The molecular formula is C21H20FN3O3. The first kappa shape index (κ1) is 18.0. The Morgan fingerprint density at radius 2 is 2.00 bits per heavy atom. The summed E-state index contributed by atoms with van der Waals surface area (Å²) in [5.41, 5.74) is 1.96. The summed E-state index contributed by atoms with van der Waals surface area (Å²) < 4.78 is 21.0. The minimum Gasteiger partial charge on any atom is -0.495 e. The first-order valence-corrected chi connectivity index (χ1v) is 9.04. The van der Waals surface area contributed by atoms with E-state index in [0.717, 1.165) is 0 Å². The third-order valence-corrected chi connectivity index (χ3v) is 5.05. The quantitative estimate of drug-likeness (QED) is 0.749. The van der Waals surface area contributed by atoms with Crippen LogP contribution in [0.25, 0.3) is 10.9 Å². The number of anilines is 2. The van der Waals surface area contributed by atoms with Gasteiger partial charge >= 0.3 is 0 Å². The molecular weight excluding hydrogens is 361 g/mol. The van der Waals surface area contributed by atoms with E-state index in [1.54, 1.807) is 40.8 Å². The fourth-order valence-electron chi connectivity index (χ4n) is 3.74. The molecule has 7 heteroatoms. The lowest BCUT2D eigenvalue weighted by molar-refractivity contribution is -0.117. The van der Waals surface area contributed by atoms with Gasteiger partial charge in [0.05, 0.1) is 24.0 Å².